The minimum Gasteiger partial charge on any atom is -0.466 e. The Labute approximate surface area is 199 Å². The number of ether oxygens (including phenoxy) is 2. The zero-order valence-corrected chi connectivity index (χ0v) is 20.3. The predicted molar refractivity (Wildman–Crippen MR) is 132 cm³/mol. The number of hydrogen-bond acceptors (Lipinski definition) is 4. The summed E-state index contributed by atoms with van der Waals surface area (Å²) < 4.78 is 10.9. The van der Waals surface area contributed by atoms with E-state index in [0.717, 1.165) is 64.4 Å². The molecule has 1 aliphatic carbocycles. The zero-order chi connectivity index (χ0) is 23.5. The van der Waals surface area contributed by atoms with E-state index in [9.17, 15) is 9.59 Å². The van der Waals surface area contributed by atoms with Gasteiger partial charge < -0.3 is 9.47 Å². The van der Waals surface area contributed by atoms with Crippen molar-refractivity contribution in [3.05, 3.63) is 60.2 Å². The van der Waals surface area contributed by atoms with Gasteiger partial charge in [-0.3, -0.25) is 4.79 Å². The van der Waals surface area contributed by atoms with Crippen molar-refractivity contribution in [2.45, 2.75) is 77.2 Å². The van der Waals surface area contributed by atoms with E-state index in [0.29, 0.717) is 18.3 Å². The van der Waals surface area contributed by atoms with E-state index in [1.165, 1.54) is 18.7 Å². The van der Waals surface area contributed by atoms with E-state index in [1.807, 2.05) is 12.2 Å². The SMILES string of the molecule is CCCCCC(=O)/C=C/[C@@H]1[C@@H](CCCCC=CC(=O)OC)[C@@]2(Cc3ccccc3)CO[C@@H]1C2. The van der Waals surface area contributed by atoms with Crippen LogP contribution in [0.25, 0.3) is 0 Å². The predicted octanol–water partition coefficient (Wildman–Crippen LogP) is 6.25. The molecule has 1 aromatic carbocycles. The van der Waals surface area contributed by atoms with E-state index in [1.54, 1.807) is 0 Å². The van der Waals surface area contributed by atoms with Crippen molar-refractivity contribution >= 4 is 11.8 Å². The number of carbonyl (C=O) groups excluding carboxylic acids is 2. The fourth-order valence-electron chi connectivity index (χ4n) is 5.70. The van der Waals surface area contributed by atoms with Crippen molar-refractivity contribution in [3.63, 3.8) is 0 Å². The van der Waals surface area contributed by atoms with E-state index >= 15 is 0 Å². The molecule has 2 bridgehead atoms. The Bertz CT molecular complexity index is 812. The molecule has 180 valence electrons. The third-order valence-electron chi connectivity index (χ3n) is 7.39. The molecule has 2 fully saturated rings. The lowest BCUT2D eigenvalue weighted by atomic mass is 9.69. The first-order chi connectivity index (χ1) is 16.1. The minimum atomic E-state index is -0.295. The third-order valence-corrected chi connectivity index (χ3v) is 7.39. The van der Waals surface area contributed by atoms with Crippen LogP contribution in [0.2, 0.25) is 0 Å². The van der Waals surface area contributed by atoms with Crippen molar-refractivity contribution in [1.29, 1.82) is 0 Å². The summed E-state index contributed by atoms with van der Waals surface area (Å²) in [6, 6.07) is 10.7. The normalized spacial score (nSPS) is 26.4. The molecule has 33 heavy (non-hydrogen) atoms. The molecule has 1 heterocycles. The number of ketones is 1. The number of methoxy groups -OCH3 is 1. The number of allylic oxidation sites excluding steroid dienone is 2. The average molecular weight is 453 g/mol. The van der Waals surface area contributed by atoms with Crippen molar-refractivity contribution < 1.29 is 19.1 Å². The Morgan fingerprint density at radius 2 is 1.94 bits per heavy atom. The highest BCUT2D eigenvalue weighted by Crippen LogP contribution is 2.57. The second-order valence-electron chi connectivity index (χ2n) is 9.75. The van der Waals surface area contributed by atoms with Crippen molar-refractivity contribution in [3.8, 4) is 0 Å². The number of benzene rings is 1. The van der Waals surface area contributed by atoms with Gasteiger partial charge in [0.1, 0.15) is 0 Å². The van der Waals surface area contributed by atoms with E-state index in [-0.39, 0.29) is 23.3 Å². The van der Waals surface area contributed by atoms with Crippen molar-refractivity contribution in [2.24, 2.45) is 17.3 Å². The molecular formula is C29H40O4. The number of hydrogen-bond donors (Lipinski definition) is 0. The number of unbranched alkanes of at least 4 members (excludes halogenated alkanes) is 4. The Morgan fingerprint density at radius 3 is 2.70 bits per heavy atom. The summed E-state index contributed by atoms with van der Waals surface area (Å²) in [5.41, 5.74) is 1.52. The van der Waals surface area contributed by atoms with Crippen LogP contribution in [0, 0.1) is 17.3 Å². The molecule has 0 aromatic heterocycles. The van der Waals surface area contributed by atoms with Gasteiger partial charge in [-0.2, -0.15) is 0 Å². The molecule has 0 unspecified atom stereocenters. The fourth-order valence-corrected chi connectivity index (χ4v) is 5.70. The number of fused-ring (bicyclic) bond motifs is 2. The zero-order valence-electron chi connectivity index (χ0n) is 20.3. The Morgan fingerprint density at radius 1 is 1.12 bits per heavy atom. The number of esters is 1. The van der Waals surface area contributed by atoms with Crippen LogP contribution in [0.5, 0.6) is 0 Å². The summed E-state index contributed by atoms with van der Waals surface area (Å²) in [4.78, 5) is 23.6. The Balaban J connectivity index is 1.65. The van der Waals surface area contributed by atoms with Gasteiger partial charge in [0.25, 0.3) is 0 Å². The van der Waals surface area contributed by atoms with Gasteiger partial charge in [-0.15, -0.1) is 0 Å². The molecule has 1 aliphatic heterocycles. The lowest BCUT2D eigenvalue weighted by Crippen LogP contribution is -2.37. The molecule has 0 spiro atoms. The van der Waals surface area contributed by atoms with Crippen LogP contribution < -0.4 is 0 Å². The molecule has 4 atom stereocenters. The highest BCUT2D eigenvalue weighted by molar-refractivity contribution is 5.89. The second-order valence-corrected chi connectivity index (χ2v) is 9.75. The Kier molecular flexibility index (Phi) is 9.93. The van der Waals surface area contributed by atoms with Crippen LogP contribution in [0.3, 0.4) is 0 Å². The topological polar surface area (TPSA) is 52.6 Å². The first-order valence-electron chi connectivity index (χ1n) is 12.7. The molecule has 0 amide bonds. The minimum absolute atomic E-state index is 0.147. The fraction of sp³-hybridized carbons (Fsp3) is 0.586. The summed E-state index contributed by atoms with van der Waals surface area (Å²) in [5.74, 6) is 0.773. The van der Waals surface area contributed by atoms with Crippen LogP contribution in [-0.2, 0) is 25.5 Å². The van der Waals surface area contributed by atoms with Gasteiger partial charge in [0.2, 0.25) is 0 Å². The number of rotatable bonds is 14. The van der Waals surface area contributed by atoms with Crippen LogP contribution >= 0.6 is 0 Å². The molecule has 1 aromatic rings. The molecule has 0 radical (unpaired) electrons. The highest BCUT2D eigenvalue weighted by Gasteiger charge is 2.57. The summed E-state index contributed by atoms with van der Waals surface area (Å²) in [6.07, 6.45) is 17.8. The molecular weight excluding hydrogens is 412 g/mol. The van der Waals surface area contributed by atoms with Gasteiger partial charge in [0.15, 0.2) is 5.78 Å². The summed E-state index contributed by atoms with van der Waals surface area (Å²) in [7, 11) is 1.40. The lowest BCUT2D eigenvalue weighted by molar-refractivity contribution is -0.134. The van der Waals surface area contributed by atoms with E-state index < -0.39 is 0 Å². The molecule has 3 rings (SSSR count). The maximum absolute atomic E-state index is 12.4. The van der Waals surface area contributed by atoms with Gasteiger partial charge in [-0.05, 0) is 56.1 Å². The van der Waals surface area contributed by atoms with E-state index in [4.69, 9.17) is 4.74 Å². The molecule has 4 nitrogen and oxygen atoms in total. The van der Waals surface area contributed by atoms with Gasteiger partial charge in [-0.1, -0.05) is 68.7 Å². The molecule has 0 N–H and O–H groups in total. The van der Waals surface area contributed by atoms with Crippen LogP contribution in [-0.4, -0.2) is 31.6 Å². The quantitative estimate of drug-likeness (QED) is 0.190. The van der Waals surface area contributed by atoms with Gasteiger partial charge in [0, 0.05) is 23.8 Å². The maximum atomic E-state index is 12.4. The summed E-state index contributed by atoms with van der Waals surface area (Å²) >= 11 is 0. The largest absolute Gasteiger partial charge is 0.466 e. The molecule has 2 aliphatic rings. The monoisotopic (exact) mass is 452 g/mol. The first-order valence-corrected chi connectivity index (χ1v) is 12.7. The molecule has 1 saturated carbocycles. The first kappa shape index (κ1) is 25.4. The van der Waals surface area contributed by atoms with Crippen molar-refractivity contribution in [2.75, 3.05) is 13.7 Å². The van der Waals surface area contributed by atoms with Crippen LogP contribution in [0.4, 0.5) is 0 Å². The van der Waals surface area contributed by atoms with Crippen molar-refractivity contribution in [1.82, 2.24) is 0 Å². The summed E-state index contributed by atoms with van der Waals surface area (Å²) in [5, 5.41) is 0. The second kappa shape index (κ2) is 12.9. The maximum Gasteiger partial charge on any atom is 0.330 e. The standard InChI is InChI=1S/C29H40O4/c1-3-4-8-15-24(30)18-19-25-26(16-11-5-6-12-17-28(31)32-2)29(21-27(25)33-22-29)20-23-13-9-7-10-14-23/h7,9-10,12-14,17-19,25-27H,3-6,8,11,15-16,20-22H2,1-2H3/b17-12?,19-18+/t25-,26-,27-,29-/m1/s1. The van der Waals surface area contributed by atoms with Gasteiger partial charge in [-0.25, -0.2) is 4.79 Å². The summed E-state index contributed by atoms with van der Waals surface area (Å²) in [6.45, 7) is 2.98. The third kappa shape index (κ3) is 7.14. The van der Waals surface area contributed by atoms with E-state index in [2.05, 4.69) is 48.1 Å². The number of carbonyl (C=O) groups is 2. The molecule has 4 heteroatoms. The lowest BCUT2D eigenvalue weighted by Gasteiger charge is -2.38. The van der Waals surface area contributed by atoms with Crippen LogP contribution in [0.15, 0.2) is 54.6 Å². The van der Waals surface area contributed by atoms with Crippen LogP contribution in [0.1, 0.15) is 70.3 Å². The average Bonchev–Trinajstić information content (AvgIpc) is 3.36. The molecule has 1 saturated heterocycles. The van der Waals surface area contributed by atoms with Gasteiger partial charge >= 0.3 is 5.97 Å². The highest BCUT2D eigenvalue weighted by atomic mass is 16.5. The van der Waals surface area contributed by atoms with Gasteiger partial charge in [0.05, 0.1) is 19.8 Å². The smallest absolute Gasteiger partial charge is 0.330 e. The Hall–Kier alpha value is -2.20.